The molecule has 0 fully saturated rings. The van der Waals surface area contributed by atoms with Crippen LogP contribution >= 0.6 is 0 Å². The minimum atomic E-state index is -0.178. The van der Waals surface area contributed by atoms with Gasteiger partial charge >= 0.3 is 0 Å². The van der Waals surface area contributed by atoms with Crippen LogP contribution in [0.15, 0.2) is 48.5 Å². The number of benzene rings is 2. The molecule has 2 aromatic rings. The summed E-state index contributed by atoms with van der Waals surface area (Å²) >= 11 is 0. The van der Waals surface area contributed by atoms with Crippen LogP contribution in [-0.4, -0.2) is 12.6 Å². The highest BCUT2D eigenvalue weighted by Crippen LogP contribution is 2.08. The molecular formula is C18H23FN2. The van der Waals surface area contributed by atoms with Gasteiger partial charge in [0.25, 0.3) is 0 Å². The van der Waals surface area contributed by atoms with Crippen molar-refractivity contribution in [2.75, 3.05) is 12.3 Å². The predicted molar refractivity (Wildman–Crippen MR) is 86.7 cm³/mol. The van der Waals surface area contributed by atoms with Crippen molar-refractivity contribution in [3.8, 4) is 0 Å². The number of anilines is 1. The molecule has 0 aliphatic heterocycles. The molecule has 1 atom stereocenters. The highest BCUT2D eigenvalue weighted by molar-refractivity contribution is 5.39. The largest absolute Gasteiger partial charge is 0.399 e. The number of rotatable bonds is 7. The summed E-state index contributed by atoms with van der Waals surface area (Å²) in [5.74, 6) is -0.178. The molecule has 0 saturated carbocycles. The van der Waals surface area contributed by atoms with Gasteiger partial charge in [-0.3, -0.25) is 0 Å². The van der Waals surface area contributed by atoms with Gasteiger partial charge in [0.15, 0.2) is 0 Å². The lowest BCUT2D eigenvalue weighted by molar-refractivity contribution is 0.533. The Labute approximate surface area is 126 Å². The molecule has 0 amide bonds. The fourth-order valence-corrected chi connectivity index (χ4v) is 2.37. The summed E-state index contributed by atoms with van der Waals surface area (Å²) in [6, 6.07) is 15.2. The van der Waals surface area contributed by atoms with Gasteiger partial charge in [0.05, 0.1) is 0 Å². The molecule has 0 heterocycles. The summed E-state index contributed by atoms with van der Waals surface area (Å²) in [5, 5.41) is 3.51. The molecule has 3 heteroatoms. The Morgan fingerprint density at radius 1 is 1.00 bits per heavy atom. The Bertz CT molecular complexity index is 534. The molecule has 0 saturated heterocycles. The minimum Gasteiger partial charge on any atom is -0.399 e. The smallest absolute Gasteiger partial charge is 0.123 e. The Kier molecular flexibility index (Phi) is 5.76. The summed E-state index contributed by atoms with van der Waals surface area (Å²) in [5.41, 5.74) is 8.96. The molecule has 0 aliphatic carbocycles. The van der Waals surface area contributed by atoms with Crippen molar-refractivity contribution in [3.05, 3.63) is 65.5 Å². The molecule has 0 spiro atoms. The summed E-state index contributed by atoms with van der Waals surface area (Å²) in [6.45, 7) is 3.14. The van der Waals surface area contributed by atoms with E-state index in [2.05, 4.69) is 24.4 Å². The first-order chi connectivity index (χ1) is 10.1. The average Bonchev–Trinajstić information content (AvgIpc) is 2.48. The van der Waals surface area contributed by atoms with Crippen LogP contribution in [0.25, 0.3) is 0 Å². The van der Waals surface area contributed by atoms with Gasteiger partial charge in [0.1, 0.15) is 5.82 Å². The van der Waals surface area contributed by atoms with E-state index in [0.717, 1.165) is 37.1 Å². The molecule has 0 bridgehead atoms. The van der Waals surface area contributed by atoms with Gasteiger partial charge in [-0.15, -0.1) is 0 Å². The van der Waals surface area contributed by atoms with Gasteiger partial charge in [-0.2, -0.15) is 0 Å². The van der Waals surface area contributed by atoms with Gasteiger partial charge < -0.3 is 11.1 Å². The van der Waals surface area contributed by atoms with E-state index in [1.165, 1.54) is 17.7 Å². The van der Waals surface area contributed by atoms with Crippen LogP contribution in [0.3, 0.4) is 0 Å². The van der Waals surface area contributed by atoms with Crippen LogP contribution in [-0.2, 0) is 12.8 Å². The zero-order chi connectivity index (χ0) is 15.1. The molecule has 112 valence electrons. The third-order valence-electron chi connectivity index (χ3n) is 3.57. The number of halogens is 1. The first-order valence-corrected chi connectivity index (χ1v) is 7.46. The second-order valence-electron chi connectivity index (χ2n) is 5.53. The van der Waals surface area contributed by atoms with Crippen LogP contribution in [0.5, 0.6) is 0 Å². The van der Waals surface area contributed by atoms with Crippen molar-refractivity contribution in [3.63, 3.8) is 0 Å². The summed E-state index contributed by atoms with van der Waals surface area (Å²) in [6.07, 6.45) is 3.07. The average molecular weight is 286 g/mol. The zero-order valence-corrected chi connectivity index (χ0v) is 12.5. The molecule has 1 unspecified atom stereocenters. The lowest BCUT2D eigenvalue weighted by Gasteiger charge is -2.14. The molecular weight excluding hydrogens is 263 g/mol. The second kappa shape index (κ2) is 7.79. The quantitative estimate of drug-likeness (QED) is 0.603. The maximum Gasteiger partial charge on any atom is 0.123 e. The molecule has 3 N–H and O–H groups in total. The van der Waals surface area contributed by atoms with Crippen molar-refractivity contribution in [1.29, 1.82) is 0 Å². The number of nitrogens with two attached hydrogens (primary N) is 1. The third kappa shape index (κ3) is 5.56. The Morgan fingerprint density at radius 3 is 2.29 bits per heavy atom. The number of hydrogen-bond donors (Lipinski definition) is 2. The van der Waals surface area contributed by atoms with Gasteiger partial charge in [0, 0.05) is 11.7 Å². The number of hydrogen-bond acceptors (Lipinski definition) is 2. The third-order valence-corrected chi connectivity index (χ3v) is 3.57. The van der Waals surface area contributed by atoms with E-state index < -0.39 is 0 Å². The summed E-state index contributed by atoms with van der Waals surface area (Å²) in [4.78, 5) is 0. The molecule has 2 rings (SSSR count). The molecule has 0 aliphatic rings. The maximum atomic E-state index is 12.8. The first kappa shape index (κ1) is 15.5. The second-order valence-corrected chi connectivity index (χ2v) is 5.53. The van der Waals surface area contributed by atoms with E-state index in [4.69, 9.17) is 5.73 Å². The van der Waals surface area contributed by atoms with Crippen LogP contribution < -0.4 is 11.1 Å². The highest BCUT2D eigenvalue weighted by atomic mass is 19.1. The Morgan fingerprint density at radius 2 is 1.62 bits per heavy atom. The molecule has 2 nitrogen and oxygen atoms in total. The minimum absolute atomic E-state index is 0.178. The van der Waals surface area contributed by atoms with Crippen molar-refractivity contribution in [2.45, 2.75) is 32.2 Å². The van der Waals surface area contributed by atoms with Crippen LogP contribution in [0.4, 0.5) is 10.1 Å². The van der Waals surface area contributed by atoms with E-state index in [-0.39, 0.29) is 5.82 Å². The van der Waals surface area contributed by atoms with E-state index >= 15 is 0 Å². The highest BCUT2D eigenvalue weighted by Gasteiger charge is 2.03. The lowest BCUT2D eigenvalue weighted by Crippen LogP contribution is -2.29. The van der Waals surface area contributed by atoms with E-state index in [9.17, 15) is 4.39 Å². The monoisotopic (exact) mass is 286 g/mol. The zero-order valence-electron chi connectivity index (χ0n) is 12.5. The van der Waals surface area contributed by atoms with Crippen LogP contribution in [0.2, 0.25) is 0 Å². The normalized spacial score (nSPS) is 12.3. The van der Waals surface area contributed by atoms with Gasteiger partial charge in [-0.1, -0.05) is 24.3 Å². The van der Waals surface area contributed by atoms with Crippen molar-refractivity contribution >= 4 is 5.69 Å². The number of aryl methyl sites for hydroxylation is 1. The first-order valence-electron chi connectivity index (χ1n) is 7.46. The molecule has 2 aromatic carbocycles. The van der Waals surface area contributed by atoms with Gasteiger partial charge in [0.2, 0.25) is 0 Å². The van der Waals surface area contributed by atoms with E-state index in [1.807, 2.05) is 24.3 Å². The lowest BCUT2D eigenvalue weighted by atomic mass is 10.1. The summed E-state index contributed by atoms with van der Waals surface area (Å²) in [7, 11) is 0. The fourth-order valence-electron chi connectivity index (χ4n) is 2.37. The van der Waals surface area contributed by atoms with Crippen molar-refractivity contribution < 1.29 is 4.39 Å². The van der Waals surface area contributed by atoms with E-state index in [0.29, 0.717) is 6.04 Å². The van der Waals surface area contributed by atoms with Gasteiger partial charge in [-0.25, -0.2) is 4.39 Å². The molecule has 21 heavy (non-hydrogen) atoms. The van der Waals surface area contributed by atoms with Crippen molar-refractivity contribution in [1.82, 2.24) is 5.32 Å². The van der Waals surface area contributed by atoms with Crippen LogP contribution in [0, 0.1) is 5.82 Å². The SMILES string of the molecule is CC(Cc1ccc(F)cc1)NCCCc1ccc(N)cc1. The van der Waals surface area contributed by atoms with Crippen molar-refractivity contribution in [2.24, 2.45) is 0 Å². The Balaban J connectivity index is 1.66. The topological polar surface area (TPSA) is 38.0 Å². The summed E-state index contributed by atoms with van der Waals surface area (Å²) < 4.78 is 12.8. The maximum absolute atomic E-state index is 12.8. The molecule has 0 radical (unpaired) electrons. The van der Waals surface area contributed by atoms with Crippen LogP contribution in [0.1, 0.15) is 24.5 Å². The Hall–Kier alpha value is -1.87. The number of nitrogens with one attached hydrogen (secondary N) is 1. The molecule has 0 aromatic heterocycles. The standard InChI is InChI=1S/C18H23FN2/c1-14(13-16-4-8-17(19)9-5-16)21-12-2-3-15-6-10-18(20)11-7-15/h4-11,14,21H,2-3,12-13,20H2,1H3. The number of nitrogen functional groups attached to an aromatic ring is 1. The predicted octanol–water partition coefficient (Wildman–Crippen LogP) is 3.56. The fraction of sp³-hybridized carbons (Fsp3) is 0.333. The van der Waals surface area contributed by atoms with E-state index in [1.54, 1.807) is 0 Å². The van der Waals surface area contributed by atoms with Gasteiger partial charge in [-0.05, 0) is 68.1 Å².